The Morgan fingerprint density at radius 2 is 1.93 bits per heavy atom. The van der Waals surface area contributed by atoms with Gasteiger partial charge in [-0.25, -0.2) is 0 Å². The molecule has 0 aliphatic heterocycles. The van der Waals surface area contributed by atoms with Gasteiger partial charge in [0.15, 0.2) is 0 Å². The Balaban J connectivity index is 3.34. The lowest BCUT2D eigenvalue weighted by Crippen LogP contribution is -2.38. The molecular formula is C11H26N2O. The maximum atomic E-state index is 5.58. The van der Waals surface area contributed by atoms with Gasteiger partial charge < -0.3 is 15.0 Å². The highest BCUT2D eigenvalue weighted by Gasteiger charge is 2.15. The summed E-state index contributed by atoms with van der Waals surface area (Å²) in [7, 11) is 4.20. The minimum absolute atomic E-state index is 0.0349. The fourth-order valence-corrected chi connectivity index (χ4v) is 1.35. The molecule has 0 aromatic rings. The molecule has 0 heterocycles. The van der Waals surface area contributed by atoms with Crippen LogP contribution in [0, 0.1) is 0 Å². The van der Waals surface area contributed by atoms with Crippen molar-refractivity contribution in [2.24, 2.45) is 0 Å². The van der Waals surface area contributed by atoms with Crippen LogP contribution in [0.4, 0.5) is 0 Å². The molecule has 86 valence electrons. The average molecular weight is 202 g/mol. The van der Waals surface area contributed by atoms with Crippen molar-refractivity contribution in [2.45, 2.75) is 32.8 Å². The highest BCUT2D eigenvalue weighted by molar-refractivity contribution is 4.71. The smallest absolute Gasteiger partial charge is 0.0750 e. The molecule has 0 saturated heterocycles. The Morgan fingerprint density at radius 3 is 2.43 bits per heavy atom. The number of ether oxygens (including phenoxy) is 1. The molecule has 0 aliphatic rings. The molecule has 0 bridgehead atoms. The van der Waals surface area contributed by atoms with Gasteiger partial charge in [0.05, 0.1) is 5.60 Å². The van der Waals surface area contributed by atoms with E-state index < -0.39 is 0 Å². The SMILES string of the molecule is CCOC(C)(C)CNCCCN(C)C. The summed E-state index contributed by atoms with van der Waals surface area (Å²) in [6.07, 6.45) is 1.19. The van der Waals surface area contributed by atoms with Crippen molar-refractivity contribution >= 4 is 0 Å². The zero-order chi connectivity index (χ0) is 11.0. The monoisotopic (exact) mass is 202 g/mol. The molecule has 14 heavy (non-hydrogen) atoms. The van der Waals surface area contributed by atoms with Crippen LogP contribution in [0.1, 0.15) is 27.2 Å². The largest absolute Gasteiger partial charge is 0.375 e. The summed E-state index contributed by atoms with van der Waals surface area (Å²) in [5.74, 6) is 0. The molecule has 0 fully saturated rings. The van der Waals surface area contributed by atoms with Gasteiger partial charge in [0.2, 0.25) is 0 Å². The summed E-state index contributed by atoms with van der Waals surface area (Å²) in [6, 6.07) is 0. The van der Waals surface area contributed by atoms with Crippen molar-refractivity contribution in [3.63, 3.8) is 0 Å². The zero-order valence-electron chi connectivity index (χ0n) is 10.4. The summed E-state index contributed by atoms with van der Waals surface area (Å²) < 4.78 is 5.58. The first kappa shape index (κ1) is 13.9. The maximum Gasteiger partial charge on any atom is 0.0750 e. The Bertz CT molecular complexity index is 135. The van der Waals surface area contributed by atoms with Crippen LogP contribution in [-0.2, 0) is 4.74 Å². The predicted molar refractivity (Wildman–Crippen MR) is 61.7 cm³/mol. The molecule has 0 spiro atoms. The molecular weight excluding hydrogens is 176 g/mol. The van der Waals surface area contributed by atoms with E-state index >= 15 is 0 Å². The van der Waals surface area contributed by atoms with E-state index in [-0.39, 0.29) is 5.60 Å². The van der Waals surface area contributed by atoms with Gasteiger partial charge >= 0.3 is 0 Å². The molecule has 0 aromatic heterocycles. The molecule has 0 unspecified atom stereocenters. The standard InChI is InChI=1S/C11H26N2O/c1-6-14-11(2,3)10-12-8-7-9-13(4)5/h12H,6-10H2,1-5H3. The molecule has 0 saturated carbocycles. The maximum absolute atomic E-state index is 5.58. The molecule has 1 N–H and O–H groups in total. The molecule has 3 heteroatoms. The van der Waals surface area contributed by atoms with Gasteiger partial charge in [-0.3, -0.25) is 0 Å². The van der Waals surface area contributed by atoms with Crippen LogP contribution in [0.5, 0.6) is 0 Å². The van der Waals surface area contributed by atoms with E-state index in [9.17, 15) is 0 Å². The molecule has 3 nitrogen and oxygen atoms in total. The van der Waals surface area contributed by atoms with E-state index in [0.717, 1.165) is 26.2 Å². The van der Waals surface area contributed by atoms with Gasteiger partial charge in [0.25, 0.3) is 0 Å². The average Bonchev–Trinajstić information content (AvgIpc) is 2.02. The molecule has 0 atom stereocenters. The van der Waals surface area contributed by atoms with Gasteiger partial charge in [-0.15, -0.1) is 0 Å². The van der Waals surface area contributed by atoms with E-state index in [1.807, 2.05) is 6.92 Å². The number of nitrogens with zero attached hydrogens (tertiary/aromatic N) is 1. The summed E-state index contributed by atoms with van der Waals surface area (Å²) in [5.41, 5.74) is -0.0349. The number of hydrogen-bond donors (Lipinski definition) is 1. The van der Waals surface area contributed by atoms with Gasteiger partial charge in [0, 0.05) is 13.2 Å². The first-order chi connectivity index (χ1) is 6.48. The van der Waals surface area contributed by atoms with Crippen molar-refractivity contribution in [1.82, 2.24) is 10.2 Å². The van der Waals surface area contributed by atoms with Crippen LogP contribution in [-0.4, -0.2) is 50.8 Å². The highest BCUT2D eigenvalue weighted by atomic mass is 16.5. The lowest BCUT2D eigenvalue weighted by molar-refractivity contribution is -0.00870. The fourth-order valence-electron chi connectivity index (χ4n) is 1.35. The van der Waals surface area contributed by atoms with Crippen molar-refractivity contribution in [1.29, 1.82) is 0 Å². The summed E-state index contributed by atoms with van der Waals surface area (Å²) in [6.45, 7) is 10.2. The van der Waals surface area contributed by atoms with Crippen LogP contribution in [0.25, 0.3) is 0 Å². The fraction of sp³-hybridized carbons (Fsp3) is 1.00. The Kier molecular flexibility index (Phi) is 7.15. The number of rotatable bonds is 8. The van der Waals surface area contributed by atoms with Gasteiger partial charge in [0.1, 0.15) is 0 Å². The van der Waals surface area contributed by atoms with E-state index in [2.05, 4.69) is 38.2 Å². The predicted octanol–water partition coefficient (Wildman–Crippen LogP) is 1.34. The third-order valence-corrected chi connectivity index (χ3v) is 2.04. The third-order valence-electron chi connectivity index (χ3n) is 2.04. The summed E-state index contributed by atoms with van der Waals surface area (Å²) >= 11 is 0. The Morgan fingerprint density at radius 1 is 1.29 bits per heavy atom. The van der Waals surface area contributed by atoms with Gasteiger partial charge in [-0.2, -0.15) is 0 Å². The van der Waals surface area contributed by atoms with Crippen molar-refractivity contribution in [3.05, 3.63) is 0 Å². The number of hydrogen-bond acceptors (Lipinski definition) is 3. The number of nitrogens with one attached hydrogen (secondary N) is 1. The Hall–Kier alpha value is -0.120. The lowest BCUT2D eigenvalue weighted by atomic mass is 10.1. The third kappa shape index (κ3) is 8.48. The second kappa shape index (κ2) is 7.21. The van der Waals surface area contributed by atoms with E-state index in [1.54, 1.807) is 0 Å². The summed E-state index contributed by atoms with van der Waals surface area (Å²) in [5, 5.41) is 3.41. The second-order valence-electron chi connectivity index (χ2n) is 4.53. The van der Waals surface area contributed by atoms with E-state index in [1.165, 1.54) is 6.42 Å². The van der Waals surface area contributed by atoms with Crippen LogP contribution < -0.4 is 5.32 Å². The normalized spacial score (nSPS) is 12.4. The lowest BCUT2D eigenvalue weighted by Gasteiger charge is -2.25. The van der Waals surface area contributed by atoms with Crippen LogP contribution >= 0.6 is 0 Å². The van der Waals surface area contributed by atoms with Gasteiger partial charge in [-0.05, 0) is 54.4 Å². The van der Waals surface area contributed by atoms with Crippen LogP contribution in [0.2, 0.25) is 0 Å². The van der Waals surface area contributed by atoms with Crippen molar-refractivity contribution < 1.29 is 4.74 Å². The van der Waals surface area contributed by atoms with Crippen LogP contribution in [0.3, 0.4) is 0 Å². The quantitative estimate of drug-likeness (QED) is 0.601. The minimum Gasteiger partial charge on any atom is -0.375 e. The molecule has 0 radical (unpaired) electrons. The topological polar surface area (TPSA) is 24.5 Å². The van der Waals surface area contributed by atoms with Crippen molar-refractivity contribution in [3.8, 4) is 0 Å². The minimum atomic E-state index is -0.0349. The first-order valence-electron chi connectivity index (χ1n) is 5.47. The highest BCUT2D eigenvalue weighted by Crippen LogP contribution is 2.06. The van der Waals surface area contributed by atoms with Crippen LogP contribution in [0.15, 0.2) is 0 Å². The Labute approximate surface area is 88.8 Å². The van der Waals surface area contributed by atoms with Gasteiger partial charge in [-0.1, -0.05) is 0 Å². The molecule has 0 rings (SSSR count). The zero-order valence-corrected chi connectivity index (χ0v) is 10.4. The second-order valence-corrected chi connectivity index (χ2v) is 4.53. The summed E-state index contributed by atoms with van der Waals surface area (Å²) in [4.78, 5) is 2.20. The molecule has 0 amide bonds. The molecule has 0 aliphatic carbocycles. The van der Waals surface area contributed by atoms with E-state index in [0.29, 0.717) is 0 Å². The van der Waals surface area contributed by atoms with E-state index in [4.69, 9.17) is 4.74 Å². The van der Waals surface area contributed by atoms with Crippen molar-refractivity contribution in [2.75, 3.05) is 40.3 Å². The molecule has 0 aromatic carbocycles. The first-order valence-corrected chi connectivity index (χ1v) is 5.47.